The molecule has 5 rings (SSSR count). The Hall–Kier alpha value is -2.37. The molecule has 1 amide bonds. The molecule has 1 aromatic carbocycles. The van der Waals surface area contributed by atoms with Gasteiger partial charge in [-0.2, -0.15) is 13.7 Å². The van der Waals surface area contributed by atoms with Gasteiger partial charge in [0, 0.05) is 17.4 Å². The van der Waals surface area contributed by atoms with E-state index in [0.717, 1.165) is 37.0 Å². The first-order valence-corrected chi connectivity index (χ1v) is 11.0. The lowest BCUT2D eigenvalue weighted by molar-refractivity contribution is -0.112. The third-order valence-corrected chi connectivity index (χ3v) is 7.20. The highest BCUT2D eigenvalue weighted by Crippen LogP contribution is 2.55. The van der Waals surface area contributed by atoms with Gasteiger partial charge in [0.25, 0.3) is 16.0 Å². The van der Waals surface area contributed by atoms with Crippen molar-refractivity contribution in [3.63, 3.8) is 0 Å². The fourth-order valence-corrected chi connectivity index (χ4v) is 6.05. The standard InChI is InChI=1S/C20H23N3O4S/c21-11-16(19(24)23-17-1-3-18(4-2-17)28(25,26)27)12-22-20-8-13-5-14(9-20)7-15(6-13)10-20/h1-4,12-15,22H,5-10H2,(H,23,24)(H,25,26,27)/b16-12-. The zero-order chi connectivity index (χ0) is 19.9. The molecule has 4 bridgehead atoms. The fraction of sp³-hybridized carbons (Fsp3) is 0.500. The molecule has 0 saturated heterocycles. The van der Waals surface area contributed by atoms with Crippen molar-refractivity contribution < 1.29 is 17.8 Å². The number of carbonyl (C=O) groups excluding carboxylic acids is 1. The van der Waals surface area contributed by atoms with E-state index in [1.807, 2.05) is 6.07 Å². The largest absolute Gasteiger partial charge is 0.384 e. The summed E-state index contributed by atoms with van der Waals surface area (Å²) in [4.78, 5) is 12.2. The number of rotatable bonds is 5. The van der Waals surface area contributed by atoms with Crippen LogP contribution in [0.1, 0.15) is 38.5 Å². The summed E-state index contributed by atoms with van der Waals surface area (Å²) in [5.74, 6) is 1.72. The van der Waals surface area contributed by atoms with E-state index in [0.29, 0.717) is 5.69 Å². The lowest BCUT2D eigenvalue weighted by atomic mass is 9.53. The van der Waals surface area contributed by atoms with Crippen molar-refractivity contribution in [3.8, 4) is 6.07 Å². The maximum absolute atomic E-state index is 12.4. The van der Waals surface area contributed by atoms with Gasteiger partial charge in [-0.1, -0.05) is 0 Å². The zero-order valence-electron chi connectivity index (χ0n) is 15.4. The summed E-state index contributed by atoms with van der Waals surface area (Å²) in [5, 5.41) is 15.4. The molecule has 4 aliphatic carbocycles. The number of benzene rings is 1. The fourth-order valence-electron chi connectivity index (χ4n) is 5.57. The number of anilines is 1. The Balaban J connectivity index is 1.44. The first kappa shape index (κ1) is 19.0. The number of nitriles is 1. The van der Waals surface area contributed by atoms with E-state index in [2.05, 4.69) is 10.6 Å². The van der Waals surface area contributed by atoms with Gasteiger partial charge < -0.3 is 10.6 Å². The molecule has 0 unspecified atom stereocenters. The average Bonchev–Trinajstić information content (AvgIpc) is 2.60. The van der Waals surface area contributed by atoms with Crippen molar-refractivity contribution in [3.05, 3.63) is 36.0 Å². The smallest absolute Gasteiger partial charge is 0.294 e. The number of hydrogen-bond acceptors (Lipinski definition) is 5. The SMILES string of the molecule is N#C/C(=C/NC12CC3CC(CC(C3)C1)C2)C(=O)Nc1ccc(S(=O)(=O)O)cc1. The van der Waals surface area contributed by atoms with Crippen LogP contribution in [0.2, 0.25) is 0 Å². The summed E-state index contributed by atoms with van der Waals surface area (Å²) < 4.78 is 31.2. The van der Waals surface area contributed by atoms with Gasteiger partial charge >= 0.3 is 0 Å². The summed E-state index contributed by atoms with van der Waals surface area (Å²) in [6.07, 6.45) is 8.79. The number of amides is 1. The summed E-state index contributed by atoms with van der Waals surface area (Å²) in [6, 6.07) is 7.05. The second-order valence-corrected chi connectivity index (χ2v) is 9.89. The van der Waals surface area contributed by atoms with Crippen LogP contribution < -0.4 is 10.6 Å². The van der Waals surface area contributed by atoms with Crippen LogP contribution in [0.15, 0.2) is 40.9 Å². The van der Waals surface area contributed by atoms with Crippen molar-refractivity contribution in [2.24, 2.45) is 17.8 Å². The maximum Gasteiger partial charge on any atom is 0.294 e. The Morgan fingerprint density at radius 2 is 1.64 bits per heavy atom. The second kappa shape index (κ2) is 6.90. The molecule has 0 aromatic heterocycles. The van der Waals surface area contributed by atoms with Crippen LogP contribution in [0.25, 0.3) is 0 Å². The molecule has 4 aliphatic rings. The Morgan fingerprint density at radius 1 is 1.11 bits per heavy atom. The van der Waals surface area contributed by atoms with E-state index in [-0.39, 0.29) is 16.0 Å². The molecular formula is C20H23N3O4S. The van der Waals surface area contributed by atoms with Crippen LogP contribution >= 0.6 is 0 Å². The number of nitrogens with zero attached hydrogens (tertiary/aromatic N) is 1. The molecule has 3 N–H and O–H groups in total. The van der Waals surface area contributed by atoms with Crippen molar-refractivity contribution in [1.29, 1.82) is 5.26 Å². The third kappa shape index (κ3) is 3.77. The highest BCUT2D eigenvalue weighted by atomic mass is 32.2. The van der Waals surface area contributed by atoms with Crippen LogP contribution in [-0.4, -0.2) is 24.4 Å². The van der Waals surface area contributed by atoms with Gasteiger partial charge in [-0.05, 0) is 80.5 Å². The summed E-state index contributed by atoms with van der Waals surface area (Å²) in [7, 11) is -4.29. The Labute approximate surface area is 164 Å². The van der Waals surface area contributed by atoms with Gasteiger partial charge in [0.05, 0.1) is 4.90 Å². The number of hydrogen-bond donors (Lipinski definition) is 3. The number of carbonyl (C=O) groups is 1. The minimum Gasteiger partial charge on any atom is -0.384 e. The van der Waals surface area contributed by atoms with E-state index in [4.69, 9.17) is 4.55 Å². The second-order valence-electron chi connectivity index (χ2n) is 8.47. The molecule has 4 saturated carbocycles. The Morgan fingerprint density at radius 3 is 2.11 bits per heavy atom. The first-order valence-electron chi connectivity index (χ1n) is 9.53. The third-order valence-electron chi connectivity index (χ3n) is 6.34. The average molecular weight is 401 g/mol. The van der Waals surface area contributed by atoms with E-state index >= 15 is 0 Å². The van der Waals surface area contributed by atoms with Crippen molar-refractivity contribution in [2.45, 2.75) is 49.0 Å². The van der Waals surface area contributed by atoms with Gasteiger partial charge in [-0.25, -0.2) is 0 Å². The van der Waals surface area contributed by atoms with Gasteiger partial charge in [-0.3, -0.25) is 9.35 Å². The van der Waals surface area contributed by atoms with Gasteiger partial charge in [0.2, 0.25) is 0 Å². The van der Waals surface area contributed by atoms with Gasteiger partial charge in [-0.15, -0.1) is 0 Å². The van der Waals surface area contributed by atoms with E-state index in [9.17, 15) is 18.5 Å². The highest BCUT2D eigenvalue weighted by Gasteiger charge is 2.50. The van der Waals surface area contributed by atoms with E-state index < -0.39 is 16.0 Å². The summed E-state index contributed by atoms with van der Waals surface area (Å²) in [6.45, 7) is 0. The summed E-state index contributed by atoms with van der Waals surface area (Å²) in [5.41, 5.74) is 0.330. The molecule has 148 valence electrons. The maximum atomic E-state index is 12.4. The molecule has 0 heterocycles. The highest BCUT2D eigenvalue weighted by molar-refractivity contribution is 7.85. The van der Waals surface area contributed by atoms with Crippen LogP contribution in [0, 0.1) is 29.1 Å². The van der Waals surface area contributed by atoms with Crippen LogP contribution in [0.5, 0.6) is 0 Å². The summed E-state index contributed by atoms with van der Waals surface area (Å²) >= 11 is 0. The lowest BCUT2D eigenvalue weighted by Gasteiger charge is -2.56. The Bertz CT molecular complexity index is 925. The van der Waals surface area contributed by atoms with Crippen LogP contribution in [0.3, 0.4) is 0 Å². The molecule has 4 fully saturated rings. The van der Waals surface area contributed by atoms with Crippen LogP contribution in [-0.2, 0) is 14.9 Å². The van der Waals surface area contributed by atoms with Crippen molar-refractivity contribution in [1.82, 2.24) is 5.32 Å². The molecule has 28 heavy (non-hydrogen) atoms. The normalized spacial score (nSPS) is 31.3. The zero-order valence-corrected chi connectivity index (χ0v) is 16.2. The molecule has 1 aromatic rings. The topological polar surface area (TPSA) is 119 Å². The minimum absolute atomic E-state index is 0.00820. The molecule has 0 aliphatic heterocycles. The molecular weight excluding hydrogens is 378 g/mol. The van der Waals surface area contributed by atoms with Crippen LogP contribution in [0.4, 0.5) is 5.69 Å². The molecule has 0 atom stereocenters. The number of nitrogens with one attached hydrogen (secondary N) is 2. The van der Waals surface area contributed by atoms with E-state index in [1.54, 1.807) is 0 Å². The minimum atomic E-state index is -4.29. The van der Waals surface area contributed by atoms with Gasteiger partial charge in [0.15, 0.2) is 0 Å². The van der Waals surface area contributed by atoms with Crippen molar-refractivity contribution >= 4 is 21.7 Å². The monoisotopic (exact) mass is 401 g/mol. The molecule has 8 heteroatoms. The van der Waals surface area contributed by atoms with E-state index in [1.165, 1.54) is 49.7 Å². The predicted octanol–water partition coefficient (Wildman–Crippen LogP) is 2.84. The quantitative estimate of drug-likeness (QED) is 0.396. The first-order chi connectivity index (χ1) is 13.3. The lowest BCUT2D eigenvalue weighted by Crippen LogP contribution is -2.57. The van der Waals surface area contributed by atoms with Gasteiger partial charge in [0.1, 0.15) is 11.6 Å². The molecule has 0 radical (unpaired) electrons. The predicted molar refractivity (Wildman–Crippen MR) is 103 cm³/mol. The molecule has 0 spiro atoms. The molecule has 7 nitrogen and oxygen atoms in total. The van der Waals surface area contributed by atoms with Crippen molar-refractivity contribution in [2.75, 3.05) is 5.32 Å². The Kier molecular flexibility index (Phi) is 4.68.